The van der Waals surface area contributed by atoms with Crippen molar-refractivity contribution in [1.29, 1.82) is 0 Å². The Morgan fingerprint density at radius 2 is 1.86 bits per heavy atom. The summed E-state index contributed by atoms with van der Waals surface area (Å²) in [5, 5.41) is 10.8. The van der Waals surface area contributed by atoms with Crippen LogP contribution >= 0.6 is 12.4 Å². The van der Waals surface area contributed by atoms with Gasteiger partial charge < -0.3 is 5.32 Å². The summed E-state index contributed by atoms with van der Waals surface area (Å²) >= 11 is 0. The van der Waals surface area contributed by atoms with Gasteiger partial charge in [-0.25, -0.2) is 0 Å². The highest BCUT2D eigenvalue weighted by atomic mass is 35.5. The summed E-state index contributed by atoms with van der Waals surface area (Å²) in [5.41, 5.74) is 0.607. The van der Waals surface area contributed by atoms with E-state index in [1.165, 1.54) is 11.7 Å². The minimum Gasteiger partial charge on any atom is -0.306 e. The second kappa shape index (κ2) is 7.15. The van der Waals surface area contributed by atoms with Crippen LogP contribution in [-0.2, 0) is 26.3 Å². The molecule has 0 radical (unpaired) electrons. The third kappa shape index (κ3) is 4.23. The van der Waals surface area contributed by atoms with E-state index in [1.807, 2.05) is 24.6 Å². The van der Waals surface area contributed by atoms with Crippen LogP contribution in [0.25, 0.3) is 0 Å². The van der Waals surface area contributed by atoms with Gasteiger partial charge in [0, 0.05) is 32.4 Å². The minimum atomic E-state index is -4.41. The van der Waals surface area contributed by atoms with Crippen molar-refractivity contribution < 1.29 is 13.2 Å². The van der Waals surface area contributed by atoms with Crippen molar-refractivity contribution in [1.82, 2.24) is 24.9 Å². The van der Waals surface area contributed by atoms with Gasteiger partial charge in [-0.1, -0.05) is 0 Å². The van der Waals surface area contributed by atoms with Crippen LogP contribution in [0, 0.1) is 0 Å². The van der Waals surface area contributed by atoms with Gasteiger partial charge in [0.2, 0.25) is 0 Å². The molecule has 0 bridgehead atoms. The lowest BCUT2D eigenvalue weighted by Crippen LogP contribution is -2.18. The number of hydrogen-bond acceptors (Lipinski definition) is 3. The fraction of sp³-hybridized carbons (Fsp3) is 0.538. The first-order valence-corrected chi connectivity index (χ1v) is 6.62. The van der Waals surface area contributed by atoms with Crippen LogP contribution < -0.4 is 5.32 Å². The monoisotopic (exact) mass is 337 g/mol. The number of nitrogens with zero attached hydrogens (tertiary/aromatic N) is 4. The SMILES string of the molecule is CC(C)n1nccc1CNCc1cc(C(F)(F)F)nn1C.Cl. The lowest BCUT2D eigenvalue weighted by molar-refractivity contribution is -0.141. The normalized spacial score (nSPS) is 11.8. The molecule has 9 heteroatoms. The van der Waals surface area contributed by atoms with Crippen LogP contribution in [0.15, 0.2) is 18.3 Å². The standard InChI is InChI=1S/C13H18F3N5.ClH/c1-9(2)21-10(4-5-18-21)7-17-8-11-6-12(13(14,15)16)19-20(11)3;/h4-6,9,17H,7-8H2,1-3H3;1H. The van der Waals surface area contributed by atoms with Gasteiger partial charge in [0.25, 0.3) is 0 Å². The van der Waals surface area contributed by atoms with E-state index in [0.29, 0.717) is 18.8 Å². The maximum absolute atomic E-state index is 12.6. The molecule has 2 aromatic heterocycles. The molecule has 0 spiro atoms. The predicted octanol–water partition coefficient (Wildman–Crippen LogP) is 2.93. The fourth-order valence-electron chi connectivity index (χ4n) is 2.08. The van der Waals surface area contributed by atoms with Crippen molar-refractivity contribution in [3.05, 3.63) is 35.4 Å². The Kier molecular flexibility index (Phi) is 6.01. The average Bonchev–Trinajstić information content (AvgIpc) is 2.96. The summed E-state index contributed by atoms with van der Waals surface area (Å²) in [5.74, 6) is 0. The molecule has 0 aliphatic heterocycles. The van der Waals surface area contributed by atoms with Gasteiger partial charge in [0.15, 0.2) is 5.69 Å². The van der Waals surface area contributed by atoms with Crippen LogP contribution in [0.4, 0.5) is 13.2 Å². The van der Waals surface area contributed by atoms with Crippen molar-refractivity contribution >= 4 is 12.4 Å². The van der Waals surface area contributed by atoms with E-state index in [-0.39, 0.29) is 18.4 Å². The van der Waals surface area contributed by atoms with E-state index in [2.05, 4.69) is 15.5 Å². The molecule has 0 fully saturated rings. The summed E-state index contributed by atoms with van der Waals surface area (Å²) in [6, 6.07) is 3.19. The first-order valence-electron chi connectivity index (χ1n) is 6.62. The number of aromatic nitrogens is 4. The smallest absolute Gasteiger partial charge is 0.306 e. The average molecular weight is 338 g/mol. The number of hydrogen-bond donors (Lipinski definition) is 1. The van der Waals surface area contributed by atoms with Gasteiger partial charge in [-0.2, -0.15) is 23.4 Å². The first-order chi connectivity index (χ1) is 9.79. The Hall–Kier alpha value is -1.54. The molecule has 1 N–H and O–H groups in total. The Labute approximate surface area is 132 Å². The van der Waals surface area contributed by atoms with Crippen LogP contribution in [-0.4, -0.2) is 19.6 Å². The molecule has 0 amide bonds. The summed E-state index contributed by atoms with van der Waals surface area (Å²) < 4.78 is 40.8. The van der Waals surface area contributed by atoms with Crippen molar-refractivity contribution in [2.75, 3.05) is 0 Å². The van der Waals surface area contributed by atoms with E-state index in [0.717, 1.165) is 11.8 Å². The zero-order valence-electron chi connectivity index (χ0n) is 12.6. The second-order valence-electron chi connectivity index (χ2n) is 5.11. The second-order valence-corrected chi connectivity index (χ2v) is 5.11. The molecule has 124 valence electrons. The van der Waals surface area contributed by atoms with Gasteiger partial charge in [-0.3, -0.25) is 9.36 Å². The molecular formula is C13H19ClF3N5. The van der Waals surface area contributed by atoms with Crippen molar-refractivity contribution in [2.24, 2.45) is 7.05 Å². The van der Waals surface area contributed by atoms with Crippen molar-refractivity contribution in [2.45, 2.75) is 39.2 Å². The minimum absolute atomic E-state index is 0. The molecule has 0 unspecified atom stereocenters. The zero-order chi connectivity index (χ0) is 15.6. The van der Waals surface area contributed by atoms with Gasteiger partial charge in [-0.05, 0) is 26.0 Å². The fourth-order valence-corrected chi connectivity index (χ4v) is 2.08. The van der Waals surface area contributed by atoms with E-state index in [1.54, 1.807) is 6.20 Å². The highest BCUT2D eigenvalue weighted by Crippen LogP contribution is 2.28. The van der Waals surface area contributed by atoms with Crippen LogP contribution in [0.5, 0.6) is 0 Å². The van der Waals surface area contributed by atoms with Crippen LogP contribution in [0.1, 0.15) is 37.0 Å². The molecular weight excluding hydrogens is 319 g/mol. The largest absolute Gasteiger partial charge is 0.435 e. The molecule has 0 aliphatic carbocycles. The zero-order valence-corrected chi connectivity index (χ0v) is 13.4. The summed E-state index contributed by atoms with van der Waals surface area (Å²) in [4.78, 5) is 0. The lowest BCUT2D eigenvalue weighted by atomic mass is 10.3. The Bertz CT molecular complexity index is 603. The molecule has 0 saturated carbocycles. The molecule has 0 saturated heterocycles. The van der Waals surface area contributed by atoms with Crippen molar-refractivity contribution in [3.8, 4) is 0 Å². The Morgan fingerprint density at radius 1 is 1.23 bits per heavy atom. The van der Waals surface area contributed by atoms with Crippen LogP contribution in [0.2, 0.25) is 0 Å². The van der Waals surface area contributed by atoms with Crippen molar-refractivity contribution in [3.63, 3.8) is 0 Å². The first kappa shape index (κ1) is 18.5. The van der Waals surface area contributed by atoms with E-state index >= 15 is 0 Å². The molecule has 5 nitrogen and oxygen atoms in total. The number of alkyl halides is 3. The van der Waals surface area contributed by atoms with Gasteiger partial charge in [0.05, 0.1) is 11.4 Å². The van der Waals surface area contributed by atoms with Gasteiger partial charge >= 0.3 is 6.18 Å². The van der Waals surface area contributed by atoms with E-state index in [4.69, 9.17) is 0 Å². The molecule has 2 rings (SSSR count). The number of halogens is 4. The third-order valence-electron chi connectivity index (χ3n) is 3.12. The predicted molar refractivity (Wildman–Crippen MR) is 78.6 cm³/mol. The van der Waals surface area contributed by atoms with E-state index in [9.17, 15) is 13.2 Å². The van der Waals surface area contributed by atoms with Gasteiger partial charge in [-0.15, -0.1) is 12.4 Å². The lowest BCUT2D eigenvalue weighted by Gasteiger charge is -2.11. The molecule has 0 atom stereocenters. The highest BCUT2D eigenvalue weighted by molar-refractivity contribution is 5.85. The topological polar surface area (TPSA) is 47.7 Å². The highest BCUT2D eigenvalue weighted by Gasteiger charge is 2.34. The number of nitrogens with one attached hydrogen (secondary N) is 1. The maximum Gasteiger partial charge on any atom is 0.435 e. The van der Waals surface area contributed by atoms with Crippen LogP contribution in [0.3, 0.4) is 0 Å². The third-order valence-corrected chi connectivity index (χ3v) is 3.12. The Balaban J connectivity index is 0.00000242. The number of aryl methyl sites for hydroxylation is 1. The molecule has 22 heavy (non-hydrogen) atoms. The maximum atomic E-state index is 12.6. The molecule has 2 heterocycles. The molecule has 0 aromatic carbocycles. The Morgan fingerprint density at radius 3 is 2.41 bits per heavy atom. The van der Waals surface area contributed by atoms with E-state index < -0.39 is 11.9 Å². The molecule has 2 aromatic rings. The summed E-state index contributed by atoms with van der Waals surface area (Å²) in [6.45, 7) is 4.88. The summed E-state index contributed by atoms with van der Waals surface area (Å²) in [7, 11) is 1.50. The quantitative estimate of drug-likeness (QED) is 0.912. The van der Waals surface area contributed by atoms with Gasteiger partial charge in [0.1, 0.15) is 0 Å². The molecule has 0 aliphatic rings. The number of rotatable bonds is 5. The summed E-state index contributed by atoms with van der Waals surface area (Å²) in [6.07, 6.45) is -2.70.